The van der Waals surface area contributed by atoms with Crippen molar-refractivity contribution in [2.24, 2.45) is 0 Å². The smallest absolute Gasteiger partial charge is 0.331 e. The molecular formula is C12H16N2O4. The number of carboxylic acid groups (broad SMARTS) is 1. The third-order valence-corrected chi connectivity index (χ3v) is 2.79. The number of amides is 3. The van der Waals surface area contributed by atoms with E-state index in [0.29, 0.717) is 0 Å². The highest BCUT2D eigenvalue weighted by Gasteiger charge is 2.17. The Hall–Kier alpha value is -2.11. The molecule has 1 aliphatic rings. The quantitative estimate of drug-likeness (QED) is 0.514. The van der Waals surface area contributed by atoms with Gasteiger partial charge in [-0.1, -0.05) is 12.2 Å². The molecule has 0 fully saturated rings. The van der Waals surface area contributed by atoms with E-state index in [2.05, 4.69) is 10.6 Å². The fourth-order valence-electron chi connectivity index (χ4n) is 1.48. The summed E-state index contributed by atoms with van der Waals surface area (Å²) in [4.78, 5) is 33.7. The highest BCUT2D eigenvalue weighted by atomic mass is 16.4. The number of carbonyl (C=O) groups is 3. The van der Waals surface area contributed by atoms with Gasteiger partial charge in [0, 0.05) is 17.2 Å². The molecule has 0 aromatic rings. The van der Waals surface area contributed by atoms with Gasteiger partial charge in [-0.3, -0.25) is 10.1 Å². The molecule has 0 saturated heterocycles. The second-order valence-corrected chi connectivity index (χ2v) is 4.12. The van der Waals surface area contributed by atoms with Crippen molar-refractivity contribution in [3.8, 4) is 0 Å². The van der Waals surface area contributed by atoms with Crippen LogP contribution in [-0.4, -0.2) is 29.1 Å². The van der Waals surface area contributed by atoms with E-state index in [1.165, 1.54) is 13.8 Å². The zero-order valence-electron chi connectivity index (χ0n) is 10.3. The zero-order chi connectivity index (χ0) is 13.7. The second-order valence-electron chi connectivity index (χ2n) is 4.12. The van der Waals surface area contributed by atoms with E-state index in [-0.39, 0.29) is 17.2 Å². The molecular weight excluding hydrogens is 236 g/mol. The molecule has 0 aromatic carbocycles. The summed E-state index contributed by atoms with van der Waals surface area (Å²) in [6.45, 7) is 2.68. The minimum atomic E-state index is -1.18. The van der Waals surface area contributed by atoms with Gasteiger partial charge in [-0.05, 0) is 26.7 Å². The van der Waals surface area contributed by atoms with Crippen LogP contribution in [0.15, 0.2) is 23.3 Å². The first kappa shape index (κ1) is 14.0. The Bertz CT molecular complexity index is 429. The van der Waals surface area contributed by atoms with Crippen molar-refractivity contribution in [1.82, 2.24) is 10.6 Å². The van der Waals surface area contributed by atoms with E-state index in [0.717, 1.165) is 12.8 Å². The van der Waals surface area contributed by atoms with Crippen molar-refractivity contribution in [2.45, 2.75) is 32.7 Å². The summed E-state index contributed by atoms with van der Waals surface area (Å²) in [6.07, 6.45) is 5.38. The molecule has 1 aliphatic carbocycles. The molecule has 0 bridgehead atoms. The zero-order valence-corrected chi connectivity index (χ0v) is 10.3. The molecule has 0 atom stereocenters. The SMILES string of the molecule is C/C(C(=O)O)=C(/C)C(=O)NC(=O)NC1CC=CC1. The molecule has 0 aliphatic heterocycles. The van der Waals surface area contributed by atoms with E-state index in [4.69, 9.17) is 5.11 Å². The molecule has 0 spiro atoms. The largest absolute Gasteiger partial charge is 0.478 e. The Balaban J connectivity index is 2.51. The Morgan fingerprint density at radius 1 is 1.11 bits per heavy atom. The van der Waals surface area contributed by atoms with E-state index >= 15 is 0 Å². The topological polar surface area (TPSA) is 95.5 Å². The Morgan fingerprint density at radius 3 is 2.17 bits per heavy atom. The Morgan fingerprint density at radius 2 is 1.67 bits per heavy atom. The van der Waals surface area contributed by atoms with Gasteiger partial charge in [0.25, 0.3) is 5.91 Å². The molecule has 0 unspecified atom stereocenters. The average Bonchev–Trinajstić information content (AvgIpc) is 2.79. The van der Waals surface area contributed by atoms with Crippen molar-refractivity contribution in [1.29, 1.82) is 0 Å². The van der Waals surface area contributed by atoms with Crippen molar-refractivity contribution >= 4 is 17.9 Å². The Labute approximate surface area is 105 Å². The molecule has 18 heavy (non-hydrogen) atoms. The average molecular weight is 252 g/mol. The lowest BCUT2D eigenvalue weighted by atomic mass is 10.1. The molecule has 0 heterocycles. The number of urea groups is 1. The van der Waals surface area contributed by atoms with Crippen molar-refractivity contribution in [3.05, 3.63) is 23.3 Å². The summed E-state index contributed by atoms with van der Waals surface area (Å²) in [5.41, 5.74) is -0.0648. The number of carboxylic acids is 1. The van der Waals surface area contributed by atoms with Gasteiger partial charge in [-0.2, -0.15) is 0 Å². The maximum atomic E-state index is 11.6. The molecule has 0 aromatic heterocycles. The first-order chi connectivity index (χ1) is 8.41. The van der Waals surface area contributed by atoms with Crippen LogP contribution in [-0.2, 0) is 9.59 Å². The van der Waals surface area contributed by atoms with Crippen LogP contribution in [0.5, 0.6) is 0 Å². The maximum absolute atomic E-state index is 11.6. The van der Waals surface area contributed by atoms with Crippen molar-refractivity contribution in [2.75, 3.05) is 0 Å². The summed E-state index contributed by atoms with van der Waals surface area (Å²) < 4.78 is 0. The molecule has 1 rings (SSSR count). The van der Waals surface area contributed by atoms with Crippen LogP contribution >= 0.6 is 0 Å². The predicted molar refractivity (Wildman–Crippen MR) is 64.8 cm³/mol. The number of carbonyl (C=O) groups excluding carboxylic acids is 2. The first-order valence-corrected chi connectivity index (χ1v) is 5.59. The first-order valence-electron chi connectivity index (χ1n) is 5.59. The molecule has 3 N–H and O–H groups in total. The minimum absolute atomic E-state index is 0.00246. The van der Waals surface area contributed by atoms with E-state index < -0.39 is 17.9 Å². The summed E-state index contributed by atoms with van der Waals surface area (Å²) >= 11 is 0. The molecule has 0 saturated carbocycles. The van der Waals surface area contributed by atoms with Gasteiger partial charge in [0.1, 0.15) is 0 Å². The highest BCUT2D eigenvalue weighted by Crippen LogP contribution is 2.08. The minimum Gasteiger partial charge on any atom is -0.478 e. The van der Waals surface area contributed by atoms with Gasteiger partial charge in [-0.15, -0.1) is 0 Å². The molecule has 3 amide bonds. The van der Waals surface area contributed by atoms with Crippen LogP contribution in [0.2, 0.25) is 0 Å². The number of imide groups is 1. The van der Waals surface area contributed by atoms with Crippen molar-refractivity contribution in [3.63, 3.8) is 0 Å². The fraction of sp³-hybridized carbons (Fsp3) is 0.417. The molecule has 0 radical (unpaired) electrons. The second kappa shape index (κ2) is 6.00. The van der Waals surface area contributed by atoms with Crippen molar-refractivity contribution < 1.29 is 19.5 Å². The number of aliphatic carboxylic acids is 1. The standard InChI is InChI=1S/C12H16N2O4/c1-7(8(2)11(16)17)10(15)14-12(18)13-9-5-3-4-6-9/h3-4,9H,5-6H2,1-2H3,(H,16,17)(H2,13,14,15,18)/b8-7+. The number of hydrogen-bond donors (Lipinski definition) is 3. The van der Waals surface area contributed by atoms with Gasteiger partial charge < -0.3 is 10.4 Å². The normalized spacial score (nSPS) is 16.1. The molecule has 98 valence electrons. The van der Waals surface area contributed by atoms with Gasteiger partial charge >= 0.3 is 12.0 Å². The number of hydrogen-bond acceptors (Lipinski definition) is 3. The van der Waals surface area contributed by atoms with Gasteiger partial charge in [0.05, 0.1) is 0 Å². The molecule has 6 nitrogen and oxygen atoms in total. The maximum Gasteiger partial charge on any atom is 0.331 e. The lowest BCUT2D eigenvalue weighted by Gasteiger charge is -2.12. The highest BCUT2D eigenvalue weighted by molar-refractivity contribution is 6.07. The van der Waals surface area contributed by atoms with Crippen LogP contribution in [0.3, 0.4) is 0 Å². The lowest BCUT2D eigenvalue weighted by molar-refractivity contribution is -0.133. The summed E-state index contributed by atoms with van der Waals surface area (Å²) in [6, 6.07) is -0.603. The van der Waals surface area contributed by atoms with Gasteiger partial charge in [0.15, 0.2) is 0 Å². The van der Waals surface area contributed by atoms with E-state index in [1.54, 1.807) is 0 Å². The van der Waals surface area contributed by atoms with Crippen LogP contribution in [0, 0.1) is 0 Å². The summed E-state index contributed by atoms with van der Waals surface area (Å²) in [5, 5.41) is 13.5. The van der Waals surface area contributed by atoms with Crippen LogP contribution in [0.25, 0.3) is 0 Å². The van der Waals surface area contributed by atoms with Crippen LogP contribution in [0.1, 0.15) is 26.7 Å². The lowest BCUT2D eigenvalue weighted by Crippen LogP contribution is -2.44. The van der Waals surface area contributed by atoms with E-state index in [9.17, 15) is 14.4 Å². The monoisotopic (exact) mass is 252 g/mol. The summed E-state index contributed by atoms with van der Waals surface area (Å²) in [7, 11) is 0. The third kappa shape index (κ3) is 3.73. The number of rotatable bonds is 3. The third-order valence-electron chi connectivity index (χ3n) is 2.79. The van der Waals surface area contributed by atoms with Crippen LogP contribution in [0.4, 0.5) is 4.79 Å². The number of nitrogens with one attached hydrogen (secondary N) is 2. The van der Waals surface area contributed by atoms with Crippen LogP contribution < -0.4 is 10.6 Å². The Kier molecular flexibility index (Phi) is 4.65. The van der Waals surface area contributed by atoms with Gasteiger partial charge in [-0.25, -0.2) is 9.59 Å². The fourth-order valence-corrected chi connectivity index (χ4v) is 1.48. The van der Waals surface area contributed by atoms with Gasteiger partial charge in [0.2, 0.25) is 0 Å². The molecule has 6 heteroatoms. The van der Waals surface area contributed by atoms with E-state index in [1.807, 2.05) is 12.2 Å². The summed E-state index contributed by atoms with van der Waals surface area (Å²) in [5.74, 6) is -1.87. The predicted octanol–water partition coefficient (Wildman–Crippen LogP) is 0.952.